The second kappa shape index (κ2) is 8.35. The number of nitrogens with zero attached hydrogens (tertiary/aromatic N) is 4. The van der Waals surface area contributed by atoms with E-state index in [0.717, 1.165) is 37.3 Å². The van der Waals surface area contributed by atoms with Crippen LogP contribution in [0.2, 0.25) is 0 Å². The maximum absolute atomic E-state index is 12.3. The van der Waals surface area contributed by atoms with Crippen molar-refractivity contribution in [1.29, 1.82) is 0 Å². The molecule has 0 radical (unpaired) electrons. The Kier molecular flexibility index (Phi) is 5.48. The molecule has 0 aliphatic carbocycles. The van der Waals surface area contributed by atoms with Crippen molar-refractivity contribution in [2.45, 2.75) is 12.8 Å². The van der Waals surface area contributed by atoms with E-state index in [1.807, 2.05) is 35.2 Å². The van der Waals surface area contributed by atoms with Gasteiger partial charge in [0.2, 0.25) is 17.6 Å². The summed E-state index contributed by atoms with van der Waals surface area (Å²) in [6, 6.07) is 18.3. The fourth-order valence-corrected chi connectivity index (χ4v) is 3.34. The summed E-state index contributed by atoms with van der Waals surface area (Å²) in [5.74, 6) is 1.21. The van der Waals surface area contributed by atoms with Crippen molar-refractivity contribution >= 4 is 5.91 Å². The maximum atomic E-state index is 12.3. The van der Waals surface area contributed by atoms with Gasteiger partial charge in [-0.1, -0.05) is 59.8 Å². The molecule has 1 aromatic heterocycles. The average molecular weight is 376 g/mol. The zero-order valence-electron chi connectivity index (χ0n) is 16.0. The Balaban J connectivity index is 1.36. The van der Waals surface area contributed by atoms with Gasteiger partial charge in [-0.3, -0.25) is 4.79 Å². The van der Waals surface area contributed by atoms with Crippen molar-refractivity contribution in [3.8, 4) is 22.5 Å². The van der Waals surface area contributed by atoms with Gasteiger partial charge in [-0.2, -0.15) is 4.98 Å². The third-order valence-electron chi connectivity index (χ3n) is 5.13. The van der Waals surface area contributed by atoms with Crippen LogP contribution in [0.5, 0.6) is 0 Å². The van der Waals surface area contributed by atoms with Crippen molar-refractivity contribution in [1.82, 2.24) is 19.9 Å². The molecule has 0 N–H and O–H groups in total. The molecule has 1 saturated heterocycles. The van der Waals surface area contributed by atoms with Gasteiger partial charge in [-0.25, -0.2) is 0 Å². The average Bonchev–Trinajstić information content (AvgIpc) is 3.22. The van der Waals surface area contributed by atoms with E-state index in [9.17, 15) is 4.79 Å². The molecule has 144 valence electrons. The van der Waals surface area contributed by atoms with Crippen molar-refractivity contribution in [2.24, 2.45) is 0 Å². The highest BCUT2D eigenvalue weighted by Gasteiger charge is 2.19. The van der Waals surface area contributed by atoms with Gasteiger partial charge < -0.3 is 14.3 Å². The minimum absolute atomic E-state index is 0.153. The topological polar surface area (TPSA) is 62.5 Å². The van der Waals surface area contributed by atoms with Crippen LogP contribution in [0.15, 0.2) is 59.1 Å². The van der Waals surface area contributed by atoms with E-state index >= 15 is 0 Å². The third-order valence-corrected chi connectivity index (χ3v) is 5.13. The van der Waals surface area contributed by atoms with Crippen molar-refractivity contribution in [2.75, 3.05) is 33.2 Å². The Morgan fingerprint density at radius 3 is 2.29 bits per heavy atom. The Morgan fingerprint density at radius 1 is 0.929 bits per heavy atom. The van der Waals surface area contributed by atoms with Gasteiger partial charge >= 0.3 is 0 Å². The van der Waals surface area contributed by atoms with E-state index in [1.54, 1.807) is 0 Å². The Morgan fingerprint density at radius 2 is 1.57 bits per heavy atom. The summed E-state index contributed by atoms with van der Waals surface area (Å²) in [5.41, 5.74) is 3.22. The molecule has 1 aliphatic rings. The number of hydrogen-bond acceptors (Lipinski definition) is 5. The molecule has 2 aromatic carbocycles. The lowest BCUT2D eigenvalue weighted by Gasteiger charge is -2.32. The lowest BCUT2D eigenvalue weighted by molar-refractivity contribution is -0.132. The molecule has 1 amide bonds. The number of aromatic nitrogens is 2. The second-order valence-electron chi connectivity index (χ2n) is 7.14. The smallest absolute Gasteiger partial charge is 0.227 e. The SMILES string of the molecule is CN1CCN(C(=O)CCc2nc(-c3ccc(-c4ccccc4)cc3)no2)CC1. The van der Waals surface area contributed by atoms with Crippen LogP contribution >= 0.6 is 0 Å². The number of amides is 1. The summed E-state index contributed by atoms with van der Waals surface area (Å²) in [6.45, 7) is 3.43. The molecule has 4 rings (SSSR count). The molecular formula is C22H24N4O2. The summed E-state index contributed by atoms with van der Waals surface area (Å²) in [5, 5.41) is 4.07. The van der Waals surface area contributed by atoms with Crippen LogP contribution in [0.4, 0.5) is 0 Å². The Labute approximate surface area is 164 Å². The largest absolute Gasteiger partial charge is 0.340 e. The van der Waals surface area contributed by atoms with E-state index in [2.05, 4.69) is 46.4 Å². The van der Waals surface area contributed by atoms with Gasteiger partial charge in [0.1, 0.15) is 0 Å². The predicted octanol–water partition coefficient (Wildman–Crippen LogP) is 3.11. The number of benzene rings is 2. The van der Waals surface area contributed by atoms with Gasteiger partial charge in [0.05, 0.1) is 0 Å². The molecule has 0 unspecified atom stereocenters. The number of likely N-dealkylation sites (N-methyl/N-ethyl adjacent to an activating group) is 1. The summed E-state index contributed by atoms with van der Waals surface area (Å²) < 4.78 is 5.35. The van der Waals surface area contributed by atoms with E-state index in [4.69, 9.17) is 4.52 Å². The monoisotopic (exact) mass is 376 g/mol. The first kappa shape index (κ1) is 18.4. The van der Waals surface area contributed by atoms with Gasteiger partial charge in [-0.05, 0) is 18.2 Å². The molecule has 0 spiro atoms. The number of carbonyl (C=O) groups is 1. The molecule has 3 aromatic rings. The molecular weight excluding hydrogens is 352 g/mol. The van der Waals surface area contributed by atoms with Crippen LogP contribution < -0.4 is 0 Å². The standard InChI is InChI=1S/C22H24N4O2/c1-25-13-15-26(16-14-25)21(27)12-11-20-23-22(24-28-20)19-9-7-18(8-10-19)17-5-3-2-4-6-17/h2-10H,11-16H2,1H3. The fourth-order valence-electron chi connectivity index (χ4n) is 3.34. The van der Waals surface area contributed by atoms with E-state index < -0.39 is 0 Å². The number of carbonyl (C=O) groups excluding carboxylic acids is 1. The number of rotatable bonds is 5. The zero-order chi connectivity index (χ0) is 19.3. The highest BCUT2D eigenvalue weighted by Crippen LogP contribution is 2.23. The Hall–Kier alpha value is -2.99. The summed E-state index contributed by atoms with van der Waals surface area (Å²) >= 11 is 0. The summed E-state index contributed by atoms with van der Waals surface area (Å²) in [6.07, 6.45) is 0.874. The van der Waals surface area contributed by atoms with Gasteiger partial charge in [0.25, 0.3) is 0 Å². The van der Waals surface area contributed by atoms with Crippen molar-refractivity contribution in [3.05, 3.63) is 60.5 Å². The molecule has 6 nitrogen and oxygen atoms in total. The third kappa shape index (κ3) is 4.28. The molecule has 2 heterocycles. The van der Waals surface area contributed by atoms with Gasteiger partial charge in [-0.15, -0.1) is 0 Å². The predicted molar refractivity (Wildman–Crippen MR) is 108 cm³/mol. The van der Waals surface area contributed by atoms with E-state index in [1.165, 1.54) is 5.56 Å². The Bertz CT molecular complexity index is 913. The fraction of sp³-hybridized carbons (Fsp3) is 0.318. The first-order valence-electron chi connectivity index (χ1n) is 9.64. The van der Waals surface area contributed by atoms with Crippen molar-refractivity contribution < 1.29 is 9.32 Å². The maximum Gasteiger partial charge on any atom is 0.227 e. The normalized spacial score (nSPS) is 15.0. The minimum atomic E-state index is 0.153. The second-order valence-corrected chi connectivity index (χ2v) is 7.14. The number of piperazine rings is 1. The van der Waals surface area contributed by atoms with Crippen molar-refractivity contribution in [3.63, 3.8) is 0 Å². The highest BCUT2D eigenvalue weighted by molar-refractivity contribution is 5.76. The lowest BCUT2D eigenvalue weighted by Crippen LogP contribution is -2.47. The van der Waals surface area contributed by atoms with Gasteiger partial charge in [0.15, 0.2) is 0 Å². The van der Waals surface area contributed by atoms with E-state index in [0.29, 0.717) is 24.6 Å². The molecule has 6 heteroatoms. The van der Waals surface area contributed by atoms with Crippen LogP contribution in [0, 0.1) is 0 Å². The summed E-state index contributed by atoms with van der Waals surface area (Å²) in [4.78, 5) is 20.9. The first-order valence-corrected chi connectivity index (χ1v) is 9.64. The molecule has 1 fully saturated rings. The van der Waals surface area contributed by atoms with Crippen LogP contribution in [0.3, 0.4) is 0 Å². The van der Waals surface area contributed by atoms with Crippen LogP contribution in [-0.4, -0.2) is 59.1 Å². The highest BCUT2D eigenvalue weighted by atomic mass is 16.5. The quantitative estimate of drug-likeness (QED) is 0.685. The number of hydrogen-bond donors (Lipinski definition) is 0. The minimum Gasteiger partial charge on any atom is -0.340 e. The van der Waals surface area contributed by atoms with Gasteiger partial charge in [0, 0.05) is 44.6 Å². The first-order chi connectivity index (χ1) is 13.7. The molecule has 0 saturated carbocycles. The molecule has 0 bridgehead atoms. The molecule has 0 atom stereocenters. The number of aryl methyl sites for hydroxylation is 1. The van der Waals surface area contributed by atoms with Crippen LogP contribution in [-0.2, 0) is 11.2 Å². The summed E-state index contributed by atoms with van der Waals surface area (Å²) in [7, 11) is 2.08. The lowest BCUT2D eigenvalue weighted by atomic mass is 10.0. The molecule has 28 heavy (non-hydrogen) atoms. The molecule has 1 aliphatic heterocycles. The zero-order valence-corrected chi connectivity index (χ0v) is 16.0. The van der Waals surface area contributed by atoms with Crippen LogP contribution in [0.25, 0.3) is 22.5 Å². The van der Waals surface area contributed by atoms with Crippen LogP contribution in [0.1, 0.15) is 12.3 Å². The van der Waals surface area contributed by atoms with E-state index in [-0.39, 0.29) is 5.91 Å².